The predicted octanol–water partition coefficient (Wildman–Crippen LogP) is 5.48. The summed E-state index contributed by atoms with van der Waals surface area (Å²) in [4.78, 5) is 29.7. The van der Waals surface area contributed by atoms with Gasteiger partial charge >= 0.3 is 0 Å². The van der Waals surface area contributed by atoms with E-state index >= 15 is 0 Å². The molecule has 236 valence electrons. The molecule has 4 rings (SSSR count). The van der Waals surface area contributed by atoms with E-state index in [1.165, 1.54) is 31.3 Å². The number of ether oxygens (including phenoxy) is 2. The molecular formula is C32H37Cl2N3O6S. The second kappa shape index (κ2) is 15.0. The molecule has 0 spiro atoms. The number of sulfonamides is 1. The predicted molar refractivity (Wildman–Crippen MR) is 173 cm³/mol. The van der Waals surface area contributed by atoms with E-state index in [1.54, 1.807) is 24.3 Å². The van der Waals surface area contributed by atoms with Crippen LogP contribution in [0.15, 0.2) is 66.7 Å². The highest BCUT2D eigenvalue weighted by Gasteiger charge is 2.35. The minimum atomic E-state index is -3.97. The average molecular weight is 663 g/mol. The van der Waals surface area contributed by atoms with E-state index in [0.717, 1.165) is 41.8 Å². The van der Waals surface area contributed by atoms with Gasteiger partial charge in [0.2, 0.25) is 21.8 Å². The van der Waals surface area contributed by atoms with E-state index in [0.29, 0.717) is 27.1 Å². The minimum absolute atomic E-state index is 0.000841. The Morgan fingerprint density at radius 3 is 2.16 bits per heavy atom. The third-order valence-corrected chi connectivity index (χ3v) is 9.55. The number of hydrogen-bond donors (Lipinski definition) is 1. The van der Waals surface area contributed by atoms with Gasteiger partial charge < -0.3 is 19.7 Å². The van der Waals surface area contributed by atoms with Gasteiger partial charge in [0, 0.05) is 40.7 Å². The van der Waals surface area contributed by atoms with Crippen LogP contribution in [0.2, 0.25) is 10.0 Å². The highest BCUT2D eigenvalue weighted by atomic mass is 35.5. The highest BCUT2D eigenvalue weighted by Crippen LogP contribution is 2.33. The number of carbonyl (C=O) groups is 2. The lowest BCUT2D eigenvalue weighted by molar-refractivity contribution is -0.140. The van der Waals surface area contributed by atoms with E-state index < -0.39 is 28.5 Å². The van der Waals surface area contributed by atoms with Crippen molar-refractivity contribution in [3.63, 3.8) is 0 Å². The Morgan fingerprint density at radius 2 is 1.57 bits per heavy atom. The summed E-state index contributed by atoms with van der Waals surface area (Å²) in [6.45, 7) is -0.700. The molecular weight excluding hydrogens is 625 g/mol. The molecule has 0 bridgehead atoms. The number of benzene rings is 3. The topological polar surface area (TPSA) is 105 Å². The van der Waals surface area contributed by atoms with Gasteiger partial charge in [-0.05, 0) is 42.7 Å². The number of halogens is 2. The average Bonchev–Trinajstić information content (AvgIpc) is 3.51. The maximum atomic E-state index is 14.3. The number of hydrogen-bond acceptors (Lipinski definition) is 6. The van der Waals surface area contributed by atoms with Crippen LogP contribution in [0.5, 0.6) is 11.5 Å². The van der Waals surface area contributed by atoms with Gasteiger partial charge in [-0.3, -0.25) is 13.9 Å². The summed E-state index contributed by atoms with van der Waals surface area (Å²) in [6.07, 6.45) is 4.95. The van der Waals surface area contributed by atoms with Crippen molar-refractivity contribution in [1.82, 2.24) is 10.2 Å². The molecule has 1 N–H and O–H groups in total. The largest absolute Gasteiger partial charge is 0.493 e. The second-order valence-electron chi connectivity index (χ2n) is 10.7. The zero-order valence-corrected chi connectivity index (χ0v) is 27.3. The molecule has 3 aromatic rings. The van der Waals surface area contributed by atoms with Crippen molar-refractivity contribution >= 4 is 50.7 Å². The molecule has 1 fully saturated rings. The molecule has 1 aliphatic carbocycles. The summed E-state index contributed by atoms with van der Waals surface area (Å²) in [5.41, 5.74) is 1.49. The highest BCUT2D eigenvalue weighted by molar-refractivity contribution is 7.92. The molecule has 0 heterocycles. The van der Waals surface area contributed by atoms with E-state index in [-0.39, 0.29) is 30.6 Å². The van der Waals surface area contributed by atoms with Crippen molar-refractivity contribution in [2.24, 2.45) is 0 Å². The number of nitrogens with one attached hydrogen (secondary N) is 1. The normalized spacial score (nSPS) is 14.1. The first kappa shape index (κ1) is 33.4. The van der Waals surface area contributed by atoms with E-state index in [4.69, 9.17) is 32.7 Å². The maximum Gasteiger partial charge on any atom is 0.244 e. The molecule has 12 heteroatoms. The van der Waals surface area contributed by atoms with Crippen molar-refractivity contribution in [2.75, 3.05) is 31.3 Å². The molecule has 0 radical (unpaired) electrons. The van der Waals surface area contributed by atoms with Crippen molar-refractivity contribution in [2.45, 2.75) is 50.7 Å². The van der Waals surface area contributed by atoms with Gasteiger partial charge in [-0.15, -0.1) is 0 Å². The smallest absolute Gasteiger partial charge is 0.244 e. The molecule has 3 aromatic carbocycles. The van der Waals surface area contributed by atoms with Crippen molar-refractivity contribution in [3.05, 3.63) is 87.9 Å². The Balaban J connectivity index is 1.77. The van der Waals surface area contributed by atoms with Crippen LogP contribution in [0.3, 0.4) is 0 Å². The Bertz CT molecular complexity index is 1550. The fourth-order valence-corrected chi connectivity index (χ4v) is 6.73. The second-order valence-corrected chi connectivity index (χ2v) is 13.4. The van der Waals surface area contributed by atoms with Gasteiger partial charge in [0.25, 0.3) is 0 Å². The maximum absolute atomic E-state index is 14.3. The van der Waals surface area contributed by atoms with Crippen LogP contribution in [-0.2, 0) is 32.6 Å². The summed E-state index contributed by atoms with van der Waals surface area (Å²) in [6, 6.07) is 18.0. The first-order chi connectivity index (χ1) is 21.0. The lowest BCUT2D eigenvalue weighted by Gasteiger charge is -2.34. The van der Waals surface area contributed by atoms with E-state index in [9.17, 15) is 18.0 Å². The molecule has 1 aliphatic rings. The monoisotopic (exact) mass is 661 g/mol. The molecule has 1 atom stereocenters. The van der Waals surface area contributed by atoms with Crippen LogP contribution < -0.4 is 19.1 Å². The van der Waals surface area contributed by atoms with Gasteiger partial charge in [0.05, 0.1) is 26.2 Å². The zero-order chi connectivity index (χ0) is 31.9. The van der Waals surface area contributed by atoms with Crippen LogP contribution in [0, 0.1) is 0 Å². The van der Waals surface area contributed by atoms with Gasteiger partial charge in [0.15, 0.2) is 11.5 Å². The number of nitrogens with zero attached hydrogens (tertiary/aromatic N) is 2. The number of carbonyl (C=O) groups excluding carboxylic acids is 2. The van der Waals surface area contributed by atoms with Crippen molar-refractivity contribution < 1.29 is 27.5 Å². The summed E-state index contributed by atoms with van der Waals surface area (Å²) < 4.78 is 37.8. The first-order valence-electron chi connectivity index (χ1n) is 14.3. The Kier molecular flexibility index (Phi) is 11.4. The lowest BCUT2D eigenvalue weighted by Crippen LogP contribution is -2.54. The zero-order valence-electron chi connectivity index (χ0n) is 25.0. The van der Waals surface area contributed by atoms with Crippen molar-refractivity contribution in [3.8, 4) is 11.5 Å². The summed E-state index contributed by atoms with van der Waals surface area (Å²) in [5.74, 6) is -0.237. The molecule has 2 amide bonds. The number of methoxy groups -OCH3 is 2. The van der Waals surface area contributed by atoms with Gasteiger partial charge in [-0.1, -0.05) is 72.4 Å². The molecule has 0 aromatic heterocycles. The Labute approximate surface area is 269 Å². The van der Waals surface area contributed by atoms with Crippen LogP contribution in [0.4, 0.5) is 5.69 Å². The standard InChI is InChI=1S/C32H37Cl2N3O6S/c1-42-29-17-16-24(19-30(29)43-2)37(44(3,40)41)21-31(38)36(20-25-26(33)14-9-15-27(25)34)28(18-22-10-5-4-6-11-22)32(39)35-23-12-7-8-13-23/h4-6,9-11,14-17,19,23,28H,7-8,12-13,18,20-21H2,1-3H3,(H,35,39)/t28-/m1/s1. The SMILES string of the molecule is COc1ccc(N(CC(=O)N(Cc2c(Cl)cccc2Cl)[C@H](Cc2ccccc2)C(=O)NC2CCCC2)S(C)(=O)=O)cc1OC. The molecule has 0 saturated heterocycles. The molecule has 44 heavy (non-hydrogen) atoms. The molecule has 0 unspecified atom stereocenters. The number of rotatable bonds is 13. The Hall–Kier alpha value is -3.47. The van der Waals surface area contributed by atoms with E-state index in [2.05, 4.69) is 5.32 Å². The summed E-state index contributed by atoms with van der Waals surface area (Å²) in [5, 5.41) is 3.78. The fraction of sp³-hybridized carbons (Fsp3) is 0.375. The van der Waals surface area contributed by atoms with Crippen LogP contribution in [0.1, 0.15) is 36.8 Å². The summed E-state index contributed by atoms with van der Waals surface area (Å²) >= 11 is 13.1. The van der Waals surface area contributed by atoms with Crippen molar-refractivity contribution in [1.29, 1.82) is 0 Å². The Morgan fingerprint density at radius 1 is 0.932 bits per heavy atom. The van der Waals surface area contributed by atoms with Gasteiger partial charge in [-0.2, -0.15) is 0 Å². The quantitative estimate of drug-likeness (QED) is 0.260. The fourth-order valence-electron chi connectivity index (χ4n) is 5.37. The van der Waals surface area contributed by atoms with Crippen LogP contribution in [0.25, 0.3) is 0 Å². The van der Waals surface area contributed by atoms with Gasteiger partial charge in [0.1, 0.15) is 12.6 Å². The van der Waals surface area contributed by atoms with Gasteiger partial charge in [-0.25, -0.2) is 8.42 Å². The number of anilines is 1. The molecule has 9 nitrogen and oxygen atoms in total. The van der Waals surface area contributed by atoms with E-state index in [1.807, 2.05) is 30.3 Å². The van der Waals surface area contributed by atoms with Crippen LogP contribution >= 0.6 is 23.2 Å². The first-order valence-corrected chi connectivity index (χ1v) is 16.9. The molecule has 1 saturated carbocycles. The minimum Gasteiger partial charge on any atom is -0.493 e. The molecule has 0 aliphatic heterocycles. The lowest BCUT2D eigenvalue weighted by atomic mass is 10.0. The van der Waals surface area contributed by atoms with Crippen LogP contribution in [-0.4, -0.2) is 64.2 Å². The summed E-state index contributed by atoms with van der Waals surface area (Å²) in [7, 11) is -1.06. The number of amides is 2. The third-order valence-electron chi connectivity index (χ3n) is 7.70. The third kappa shape index (κ3) is 8.37.